The zero-order chi connectivity index (χ0) is 16.2. The molecule has 0 radical (unpaired) electrons. The first-order valence-corrected chi connectivity index (χ1v) is 8.79. The van der Waals surface area contributed by atoms with E-state index in [1.807, 2.05) is 14.0 Å². The average Bonchev–Trinajstić information content (AvgIpc) is 3.02. The summed E-state index contributed by atoms with van der Waals surface area (Å²) in [6.45, 7) is 5.42. The van der Waals surface area contributed by atoms with Crippen LogP contribution in [0.1, 0.15) is 30.7 Å². The van der Waals surface area contributed by atoms with E-state index >= 15 is 0 Å². The molecule has 0 amide bonds. The fourth-order valence-corrected chi connectivity index (χ4v) is 3.04. The minimum absolute atomic E-state index is 0. The summed E-state index contributed by atoms with van der Waals surface area (Å²) in [6.07, 6.45) is 2.16. The number of likely N-dealkylation sites (N-methyl/N-ethyl adjacent to an activating group) is 1. The predicted molar refractivity (Wildman–Crippen MR) is 111 cm³/mol. The molecule has 0 fully saturated rings. The topological polar surface area (TPSA) is 48.9 Å². The molecular formula is C16H31IN4OS. The van der Waals surface area contributed by atoms with Crippen molar-refractivity contribution < 1.29 is 4.74 Å². The molecule has 0 aliphatic rings. The molecule has 1 aromatic rings. The SMILES string of the molecule is CCOCCCCNC(=NC)NCC(c1cccs1)N(C)C.I. The van der Waals surface area contributed by atoms with Crippen molar-refractivity contribution in [1.82, 2.24) is 15.5 Å². The van der Waals surface area contributed by atoms with E-state index in [2.05, 4.69) is 52.1 Å². The van der Waals surface area contributed by atoms with Gasteiger partial charge in [0.1, 0.15) is 0 Å². The molecule has 1 unspecified atom stereocenters. The second-order valence-corrected chi connectivity index (χ2v) is 6.26. The first-order valence-electron chi connectivity index (χ1n) is 7.91. The molecule has 0 aliphatic carbocycles. The summed E-state index contributed by atoms with van der Waals surface area (Å²) < 4.78 is 5.34. The van der Waals surface area contributed by atoms with Crippen LogP contribution in [-0.2, 0) is 4.74 Å². The number of unbranched alkanes of at least 4 members (excludes halogenated alkanes) is 1. The molecule has 1 aromatic heterocycles. The van der Waals surface area contributed by atoms with Gasteiger partial charge in [0.2, 0.25) is 0 Å². The van der Waals surface area contributed by atoms with Gasteiger partial charge in [-0.1, -0.05) is 6.07 Å². The molecule has 0 saturated heterocycles. The second-order valence-electron chi connectivity index (χ2n) is 5.28. The third kappa shape index (κ3) is 9.49. The minimum atomic E-state index is 0. The zero-order valence-electron chi connectivity index (χ0n) is 14.7. The van der Waals surface area contributed by atoms with Crippen LogP contribution in [0.15, 0.2) is 22.5 Å². The molecule has 0 aliphatic heterocycles. The highest BCUT2D eigenvalue weighted by Crippen LogP contribution is 2.22. The third-order valence-electron chi connectivity index (χ3n) is 3.39. The normalized spacial score (nSPS) is 12.8. The zero-order valence-corrected chi connectivity index (χ0v) is 17.8. The average molecular weight is 454 g/mol. The van der Waals surface area contributed by atoms with E-state index in [1.54, 1.807) is 11.3 Å². The van der Waals surface area contributed by atoms with Crippen LogP contribution < -0.4 is 10.6 Å². The largest absolute Gasteiger partial charge is 0.382 e. The number of nitrogens with one attached hydrogen (secondary N) is 2. The quantitative estimate of drug-likeness (QED) is 0.247. The summed E-state index contributed by atoms with van der Waals surface area (Å²) in [7, 11) is 6.03. The van der Waals surface area contributed by atoms with Crippen LogP contribution in [0.2, 0.25) is 0 Å². The number of nitrogens with zero attached hydrogens (tertiary/aromatic N) is 2. The number of guanidine groups is 1. The Morgan fingerprint density at radius 2 is 2.13 bits per heavy atom. The lowest BCUT2D eigenvalue weighted by Gasteiger charge is -2.24. The lowest BCUT2D eigenvalue weighted by atomic mass is 10.2. The molecule has 0 bridgehead atoms. The maximum atomic E-state index is 5.34. The van der Waals surface area contributed by atoms with Crippen molar-refractivity contribution in [1.29, 1.82) is 0 Å². The van der Waals surface area contributed by atoms with Gasteiger partial charge in [-0.05, 0) is 45.3 Å². The number of ether oxygens (including phenoxy) is 1. The maximum absolute atomic E-state index is 5.34. The fraction of sp³-hybridized carbons (Fsp3) is 0.688. The van der Waals surface area contributed by atoms with Crippen LogP contribution in [0.4, 0.5) is 0 Å². The highest BCUT2D eigenvalue weighted by molar-refractivity contribution is 14.0. The van der Waals surface area contributed by atoms with Crippen molar-refractivity contribution in [3.05, 3.63) is 22.4 Å². The van der Waals surface area contributed by atoms with Crippen molar-refractivity contribution in [2.24, 2.45) is 4.99 Å². The lowest BCUT2D eigenvalue weighted by molar-refractivity contribution is 0.143. The molecule has 0 spiro atoms. The Hall–Kier alpha value is -0.380. The first-order chi connectivity index (χ1) is 10.7. The minimum Gasteiger partial charge on any atom is -0.382 e. The van der Waals surface area contributed by atoms with Gasteiger partial charge in [0.05, 0.1) is 6.04 Å². The summed E-state index contributed by atoms with van der Waals surface area (Å²) >= 11 is 1.79. The van der Waals surface area contributed by atoms with Gasteiger partial charge in [-0.3, -0.25) is 4.99 Å². The molecule has 1 heterocycles. The van der Waals surface area contributed by atoms with Crippen molar-refractivity contribution in [3.63, 3.8) is 0 Å². The second kappa shape index (κ2) is 14.0. The molecule has 5 nitrogen and oxygen atoms in total. The molecule has 7 heteroatoms. The van der Waals surface area contributed by atoms with Gasteiger partial charge in [-0.25, -0.2) is 0 Å². The van der Waals surface area contributed by atoms with E-state index in [1.165, 1.54) is 4.88 Å². The van der Waals surface area contributed by atoms with Crippen molar-refractivity contribution in [2.75, 3.05) is 47.4 Å². The Morgan fingerprint density at radius 1 is 1.35 bits per heavy atom. The van der Waals surface area contributed by atoms with Gasteiger partial charge in [0.15, 0.2) is 5.96 Å². The van der Waals surface area contributed by atoms with E-state index in [-0.39, 0.29) is 24.0 Å². The summed E-state index contributed by atoms with van der Waals surface area (Å²) in [4.78, 5) is 7.88. The summed E-state index contributed by atoms with van der Waals surface area (Å²) in [5, 5.41) is 8.89. The van der Waals surface area contributed by atoms with Crippen LogP contribution in [-0.4, -0.2) is 58.3 Å². The number of thiophene rings is 1. The lowest BCUT2D eigenvalue weighted by Crippen LogP contribution is -2.41. The number of hydrogen-bond acceptors (Lipinski definition) is 4. The fourth-order valence-electron chi connectivity index (χ4n) is 2.11. The van der Waals surface area contributed by atoms with E-state index in [0.717, 1.165) is 45.1 Å². The van der Waals surface area contributed by atoms with E-state index in [0.29, 0.717) is 6.04 Å². The Balaban J connectivity index is 0.00000484. The molecule has 134 valence electrons. The maximum Gasteiger partial charge on any atom is 0.191 e. The number of hydrogen-bond donors (Lipinski definition) is 2. The molecule has 0 saturated carbocycles. The third-order valence-corrected chi connectivity index (χ3v) is 4.37. The van der Waals surface area contributed by atoms with E-state index < -0.39 is 0 Å². The molecule has 23 heavy (non-hydrogen) atoms. The van der Waals surface area contributed by atoms with Gasteiger partial charge < -0.3 is 20.3 Å². The molecule has 1 rings (SSSR count). The van der Waals surface area contributed by atoms with Crippen LogP contribution in [0.3, 0.4) is 0 Å². The Morgan fingerprint density at radius 3 is 2.70 bits per heavy atom. The highest BCUT2D eigenvalue weighted by atomic mass is 127. The Bertz CT molecular complexity index is 412. The standard InChI is InChI=1S/C16H30N4OS.HI/c1-5-21-11-7-6-10-18-16(17-2)19-13-14(20(3)4)15-9-8-12-22-15;/h8-9,12,14H,5-7,10-11,13H2,1-4H3,(H2,17,18,19);1H. The van der Waals surface area contributed by atoms with Gasteiger partial charge in [-0.2, -0.15) is 0 Å². The van der Waals surface area contributed by atoms with Crippen molar-refractivity contribution in [2.45, 2.75) is 25.8 Å². The van der Waals surface area contributed by atoms with Crippen molar-refractivity contribution >= 4 is 41.3 Å². The highest BCUT2D eigenvalue weighted by Gasteiger charge is 2.15. The molecule has 2 N–H and O–H groups in total. The number of halogens is 1. The smallest absolute Gasteiger partial charge is 0.191 e. The van der Waals surface area contributed by atoms with Crippen LogP contribution >= 0.6 is 35.3 Å². The van der Waals surface area contributed by atoms with Gasteiger partial charge in [0, 0.05) is 38.2 Å². The van der Waals surface area contributed by atoms with Gasteiger partial charge >= 0.3 is 0 Å². The van der Waals surface area contributed by atoms with E-state index in [9.17, 15) is 0 Å². The molecule has 1 atom stereocenters. The Kier molecular flexibility index (Phi) is 13.8. The monoisotopic (exact) mass is 454 g/mol. The van der Waals surface area contributed by atoms with Crippen LogP contribution in [0.25, 0.3) is 0 Å². The summed E-state index contributed by atoms with van der Waals surface area (Å²) in [5.74, 6) is 0.861. The van der Waals surface area contributed by atoms with E-state index in [4.69, 9.17) is 4.74 Å². The van der Waals surface area contributed by atoms with Crippen LogP contribution in [0, 0.1) is 0 Å². The number of aliphatic imine (C=N–C) groups is 1. The number of rotatable bonds is 10. The Labute approximate surface area is 161 Å². The summed E-state index contributed by atoms with van der Waals surface area (Å²) in [6, 6.07) is 4.64. The van der Waals surface area contributed by atoms with Crippen LogP contribution in [0.5, 0.6) is 0 Å². The van der Waals surface area contributed by atoms with Gasteiger partial charge in [0.25, 0.3) is 0 Å². The predicted octanol–water partition coefficient (Wildman–Crippen LogP) is 2.95. The first kappa shape index (κ1) is 22.6. The molecular weight excluding hydrogens is 423 g/mol. The van der Waals surface area contributed by atoms with Gasteiger partial charge in [-0.15, -0.1) is 35.3 Å². The molecule has 0 aromatic carbocycles. The summed E-state index contributed by atoms with van der Waals surface area (Å²) in [5.41, 5.74) is 0. The van der Waals surface area contributed by atoms with Crippen molar-refractivity contribution in [3.8, 4) is 0 Å².